The van der Waals surface area contributed by atoms with Gasteiger partial charge in [-0.2, -0.15) is 0 Å². The van der Waals surface area contributed by atoms with Crippen molar-refractivity contribution in [3.63, 3.8) is 0 Å². The first-order valence-corrected chi connectivity index (χ1v) is 7.29. The highest BCUT2D eigenvalue weighted by Crippen LogP contribution is 2.31. The molecule has 2 nitrogen and oxygen atoms in total. The maximum atomic E-state index is 6.17. The Hall–Kier alpha value is -1.06. The lowest BCUT2D eigenvalue weighted by atomic mass is 9.88. The minimum Gasteiger partial charge on any atom is -0.363 e. The first-order valence-electron chi connectivity index (χ1n) is 6.54. The predicted octanol–water partition coefficient (Wildman–Crippen LogP) is 4.01. The van der Waals surface area contributed by atoms with Crippen molar-refractivity contribution in [2.75, 3.05) is 13.1 Å². The van der Waals surface area contributed by atoms with Crippen LogP contribution in [0.2, 0.25) is 10.0 Å². The quantitative estimate of drug-likeness (QED) is 0.921. The van der Waals surface area contributed by atoms with E-state index in [2.05, 4.69) is 17.4 Å². The van der Waals surface area contributed by atoms with Crippen LogP contribution >= 0.6 is 23.2 Å². The van der Waals surface area contributed by atoms with Crippen LogP contribution in [0.4, 0.5) is 0 Å². The number of hydrogen-bond acceptors (Lipinski definition) is 2. The summed E-state index contributed by atoms with van der Waals surface area (Å²) in [6.07, 6.45) is 0. The van der Waals surface area contributed by atoms with Gasteiger partial charge in [-0.3, -0.25) is 0 Å². The Kier molecular flexibility index (Phi) is 3.99. The zero-order valence-electron chi connectivity index (χ0n) is 10.9. The van der Waals surface area contributed by atoms with Crippen molar-refractivity contribution in [1.29, 1.82) is 0 Å². The van der Waals surface area contributed by atoms with Gasteiger partial charge in [0.2, 0.25) is 0 Å². The molecule has 3 rings (SSSR count). The summed E-state index contributed by atoms with van der Waals surface area (Å²) in [6, 6.07) is 15.9. The van der Waals surface area contributed by atoms with Crippen molar-refractivity contribution in [3.05, 3.63) is 69.7 Å². The molecule has 0 atom stereocenters. The monoisotopic (exact) mass is 307 g/mol. The largest absolute Gasteiger partial charge is 0.363 e. The highest BCUT2D eigenvalue weighted by atomic mass is 35.5. The molecule has 20 heavy (non-hydrogen) atoms. The molecule has 2 aromatic carbocycles. The number of nitrogens with one attached hydrogen (secondary N) is 1. The summed E-state index contributed by atoms with van der Waals surface area (Å²) in [7, 11) is 0. The van der Waals surface area contributed by atoms with E-state index >= 15 is 0 Å². The first-order chi connectivity index (χ1) is 9.70. The molecule has 0 aliphatic carbocycles. The van der Waals surface area contributed by atoms with E-state index < -0.39 is 0 Å². The van der Waals surface area contributed by atoms with Crippen LogP contribution in [0.1, 0.15) is 11.1 Å². The van der Waals surface area contributed by atoms with Crippen molar-refractivity contribution in [1.82, 2.24) is 5.32 Å². The summed E-state index contributed by atoms with van der Waals surface area (Å²) in [5.74, 6) is 0. The number of ether oxygens (including phenoxy) is 1. The van der Waals surface area contributed by atoms with Crippen LogP contribution in [0.5, 0.6) is 0 Å². The van der Waals surface area contributed by atoms with Gasteiger partial charge in [0.1, 0.15) is 5.60 Å². The Bertz CT molecular complexity index is 597. The molecule has 0 unspecified atom stereocenters. The highest BCUT2D eigenvalue weighted by Gasteiger charge is 2.39. The molecule has 0 aromatic heterocycles. The molecule has 1 saturated heterocycles. The molecule has 0 bridgehead atoms. The molecular weight excluding hydrogens is 293 g/mol. The molecule has 1 aliphatic rings. The van der Waals surface area contributed by atoms with E-state index in [1.807, 2.05) is 30.3 Å². The normalized spacial score (nSPS) is 16.7. The highest BCUT2D eigenvalue weighted by molar-refractivity contribution is 6.42. The van der Waals surface area contributed by atoms with Gasteiger partial charge in [0.25, 0.3) is 0 Å². The van der Waals surface area contributed by atoms with Crippen molar-refractivity contribution >= 4 is 23.2 Å². The number of hydrogen-bond donors (Lipinski definition) is 1. The van der Waals surface area contributed by atoms with Gasteiger partial charge < -0.3 is 10.1 Å². The zero-order valence-corrected chi connectivity index (χ0v) is 12.4. The summed E-state index contributed by atoms with van der Waals surface area (Å²) in [5.41, 5.74) is 2.01. The van der Waals surface area contributed by atoms with E-state index in [4.69, 9.17) is 27.9 Å². The van der Waals surface area contributed by atoms with Crippen molar-refractivity contribution < 1.29 is 4.74 Å². The summed E-state index contributed by atoms with van der Waals surface area (Å²) in [4.78, 5) is 0. The maximum absolute atomic E-state index is 6.17. The minimum absolute atomic E-state index is 0.229. The Balaban J connectivity index is 1.74. The van der Waals surface area contributed by atoms with Crippen LogP contribution in [0.25, 0.3) is 0 Å². The predicted molar refractivity (Wildman–Crippen MR) is 82.2 cm³/mol. The van der Waals surface area contributed by atoms with E-state index in [0.717, 1.165) is 18.7 Å². The summed E-state index contributed by atoms with van der Waals surface area (Å²) < 4.78 is 6.17. The molecule has 1 aliphatic heterocycles. The summed E-state index contributed by atoms with van der Waals surface area (Å²) in [6.45, 7) is 2.18. The molecule has 0 spiro atoms. The zero-order chi connectivity index (χ0) is 14.0. The van der Waals surface area contributed by atoms with Gasteiger partial charge >= 0.3 is 0 Å². The third kappa shape index (κ3) is 2.70. The van der Waals surface area contributed by atoms with Crippen LogP contribution in [0.15, 0.2) is 48.5 Å². The third-order valence-electron chi connectivity index (χ3n) is 3.62. The average molecular weight is 308 g/mol. The lowest BCUT2D eigenvalue weighted by Crippen LogP contribution is -2.58. The lowest BCUT2D eigenvalue weighted by Gasteiger charge is -2.42. The van der Waals surface area contributed by atoms with Crippen LogP contribution in [-0.2, 0) is 16.9 Å². The average Bonchev–Trinajstić information content (AvgIpc) is 2.43. The van der Waals surface area contributed by atoms with E-state index in [1.54, 1.807) is 6.07 Å². The standard InChI is InChI=1S/C16H15Cl2NO/c17-14-7-6-12(8-15(14)18)9-20-16(10-19-11-16)13-4-2-1-3-5-13/h1-8,19H,9-11H2. The SMILES string of the molecule is Clc1ccc(COC2(c3ccccc3)CNC2)cc1Cl. The van der Waals surface area contributed by atoms with E-state index in [1.165, 1.54) is 5.56 Å². The maximum Gasteiger partial charge on any atom is 0.118 e. The topological polar surface area (TPSA) is 21.3 Å². The fourth-order valence-corrected chi connectivity index (χ4v) is 2.66. The smallest absolute Gasteiger partial charge is 0.118 e. The molecule has 1 fully saturated rings. The Morgan fingerprint density at radius 2 is 1.75 bits per heavy atom. The molecule has 0 saturated carbocycles. The minimum atomic E-state index is -0.229. The number of rotatable bonds is 4. The van der Waals surface area contributed by atoms with Gasteiger partial charge in [0.15, 0.2) is 0 Å². The fraction of sp³-hybridized carbons (Fsp3) is 0.250. The van der Waals surface area contributed by atoms with Gasteiger partial charge in [-0.25, -0.2) is 0 Å². The van der Waals surface area contributed by atoms with Crippen LogP contribution in [-0.4, -0.2) is 13.1 Å². The van der Waals surface area contributed by atoms with Crippen LogP contribution in [0, 0.1) is 0 Å². The van der Waals surface area contributed by atoms with Crippen molar-refractivity contribution in [2.45, 2.75) is 12.2 Å². The second-order valence-electron chi connectivity index (χ2n) is 5.00. The molecule has 1 heterocycles. The first kappa shape index (κ1) is 13.9. The van der Waals surface area contributed by atoms with Crippen LogP contribution < -0.4 is 5.32 Å². The molecule has 0 radical (unpaired) electrons. The molecule has 1 N–H and O–H groups in total. The van der Waals surface area contributed by atoms with Crippen molar-refractivity contribution in [2.24, 2.45) is 0 Å². The lowest BCUT2D eigenvalue weighted by molar-refractivity contribution is -0.0969. The summed E-state index contributed by atoms with van der Waals surface area (Å²) >= 11 is 12.0. The Morgan fingerprint density at radius 1 is 1.00 bits per heavy atom. The van der Waals surface area contributed by atoms with Gasteiger partial charge in [-0.05, 0) is 23.3 Å². The van der Waals surface area contributed by atoms with Gasteiger partial charge in [0, 0.05) is 13.1 Å². The van der Waals surface area contributed by atoms with Crippen LogP contribution in [0.3, 0.4) is 0 Å². The molecule has 0 amide bonds. The molecule has 4 heteroatoms. The Morgan fingerprint density at radius 3 is 2.35 bits per heavy atom. The third-order valence-corrected chi connectivity index (χ3v) is 4.36. The molecular formula is C16H15Cl2NO. The second-order valence-corrected chi connectivity index (χ2v) is 5.82. The number of halogens is 2. The molecule has 2 aromatic rings. The van der Waals surface area contributed by atoms with Crippen molar-refractivity contribution in [3.8, 4) is 0 Å². The van der Waals surface area contributed by atoms with E-state index in [0.29, 0.717) is 16.7 Å². The fourth-order valence-electron chi connectivity index (χ4n) is 2.33. The van der Waals surface area contributed by atoms with Gasteiger partial charge in [-0.15, -0.1) is 0 Å². The number of benzene rings is 2. The van der Waals surface area contributed by atoms with E-state index in [-0.39, 0.29) is 5.60 Å². The van der Waals surface area contributed by atoms with E-state index in [9.17, 15) is 0 Å². The van der Waals surface area contributed by atoms with Gasteiger partial charge in [0.05, 0.1) is 16.7 Å². The summed E-state index contributed by atoms with van der Waals surface area (Å²) in [5, 5.41) is 4.42. The molecule has 104 valence electrons. The second kappa shape index (κ2) is 5.74. The Labute approximate surface area is 128 Å². The van der Waals surface area contributed by atoms with Gasteiger partial charge in [-0.1, -0.05) is 59.6 Å².